The van der Waals surface area contributed by atoms with Gasteiger partial charge in [0, 0.05) is 97.2 Å². The van der Waals surface area contributed by atoms with Crippen molar-refractivity contribution in [3.05, 3.63) is 264 Å². The van der Waals surface area contributed by atoms with Gasteiger partial charge in [-0.2, -0.15) is 16.8 Å². The van der Waals surface area contributed by atoms with E-state index in [4.69, 9.17) is 56.6 Å². The second-order valence-electron chi connectivity index (χ2n) is 25.4. The number of rotatable bonds is 21. The average molecular weight is 1500 g/mol. The zero-order chi connectivity index (χ0) is 77.4. The van der Waals surface area contributed by atoms with Crippen LogP contribution < -0.4 is 40.3 Å². The Balaban J connectivity index is 0.000000164. The number of furan rings is 1. The number of carboxylic acid groups (broad SMARTS) is 1. The number of hydrogen-bond acceptors (Lipinski definition) is 21. The molecule has 0 radical (unpaired) electrons. The molecule has 0 spiro atoms. The van der Waals surface area contributed by atoms with Crippen molar-refractivity contribution >= 4 is 99.0 Å². The Morgan fingerprint density at radius 2 is 0.792 bits per heavy atom. The highest BCUT2D eigenvalue weighted by molar-refractivity contribution is 7.87. The lowest BCUT2D eigenvalue weighted by atomic mass is 10.0. The normalized spacial score (nSPS) is 11.3. The van der Waals surface area contributed by atoms with Gasteiger partial charge >= 0.3 is 48.7 Å². The van der Waals surface area contributed by atoms with Crippen LogP contribution in [0.5, 0.6) is 23.0 Å². The van der Waals surface area contributed by atoms with Gasteiger partial charge in [0.25, 0.3) is 0 Å². The SMILES string of the molecule is CC(=O)Cc1c(C)c2ccc(OCCn3cccc3)c(C)c2oc1=O.CC(=O)Cc1c(C)c2ccc(OCc3ccc(C)o3)c(C)c2oc1=O.CC(=O)Cc1c(C)c2ccc(OS(=O)(=O)c3cccc(Cl)c3)c(C)c2oc1=O.Cc1cccc(S(=O)(=O)Oc2ccc3c(C)c(CC(=O)O)c(=O)oc3c2C)c1. The minimum absolute atomic E-state index is 0.0152. The number of carbonyl (C=O) groups excluding carboxylic acids is 3. The first-order chi connectivity index (χ1) is 50.0. The molecule has 0 bridgehead atoms. The summed E-state index contributed by atoms with van der Waals surface area (Å²) >= 11 is 5.86. The monoisotopic (exact) mass is 1500 g/mol. The molecule has 12 rings (SSSR count). The highest BCUT2D eigenvalue weighted by Gasteiger charge is 2.26. The lowest BCUT2D eigenvalue weighted by molar-refractivity contribution is -0.136. The average Bonchev–Trinajstić information content (AvgIpc) is 0.867. The lowest BCUT2D eigenvalue weighted by Gasteiger charge is -2.13. The van der Waals surface area contributed by atoms with E-state index in [0.717, 1.165) is 56.7 Å². The molecule has 0 unspecified atom stereocenters. The predicted octanol–water partition coefficient (Wildman–Crippen LogP) is 14.5. The molecule has 6 heterocycles. The zero-order valence-electron chi connectivity index (χ0n) is 60.3. The maximum atomic E-state index is 12.6. The Hall–Kier alpha value is -11.4. The number of Topliss-reactive ketones (excluding diaryl/α,β-unsaturated/α-hetero) is 3. The van der Waals surface area contributed by atoms with Gasteiger partial charge in [-0.25, -0.2) is 19.2 Å². The molecule has 12 aromatic rings. The number of hydrogen-bond donors (Lipinski definition) is 1. The second kappa shape index (κ2) is 33.1. The van der Waals surface area contributed by atoms with Crippen LogP contribution in [0.4, 0.5) is 0 Å². The van der Waals surface area contributed by atoms with Gasteiger partial charge in [0.1, 0.15) is 97.2 Å². The van der Waals surface area contributed by atoms with Crippen LogP contribution in [-0.2, 0) is 78.2 Å². The summed E-state index contributed by atoms with van der Waals surface area (Å²) in [5, 5.41) is 12.0. The first-order valence-electron chi connectivity index (χ1n) is 33.1. The van der Waals surface area contributed by atoms with E-state index in [-0.39, 0.29) is 79.7 Å². The molecule has 0 fully saturated rings. The fourth-order valence-electron chi connectivity index (χ4n) is 11.7. The van der Waals surface area contributed by atoms with E-state index >= 15 is 0 Å². The molecule has 0 saturated carbocycles. The third-order valence-electron chi connectivity index (χ3n) is 17.4. The summed E-state index contributed by atoms with van der Waals surface area (Å²) in [4.78, 5) is 94.1. The highest BCUT2D eigenvalue weighted by Crippen LogP contribution is 2.36. The zero-order valence-corrected chi connectivity index (χ0v) is 62.7. The van der Waals surface area contributed by atoms with Crippen molar-refractivity contribution in [1.29, 1.82) is 0 Å². The van der Waals surface area contributed by atoms with Crippen molar-refractivity contribution < 1.29 is 81.0 Å². The molecule has 0 amide bonds. The number of ketones is 3. The standard InChI is InChI=1S/C20H17ClO6S.C20H21NO4.C20H18O7S.C20H20O5/c1-11(22)9-17-12(2)16-7-8-18(13(3)19(16)26-20(17)23)27-28(24,25)15-6-4-5-14(21)10-15;1-13(22)12-17-14(2)16-6-7-18(15(3)19(16)25-20(17)23)24-11-10-21-8-4-5-9-21;1-11-5-4-6-14(9-11)28(24,25)27-17-8-7-15-12(2)16(10-18(21)22)20(23)26-19(15)13(17)3;1-11(21)9-17-13(3)16-7-8-18(14(4)19(16)25-20(17)22)23-10-15-6-5-12(2)24-15/h4-8,10H,9H2,1-3H3;4-9H,10-12H2,1-3H3;4-9H,10H2,1-3H3,(H,21,22);5-8H,9-10H2,1-4H3. The van der Waals surface area contributed by atoms with Crippen molar-refractivity contribution in [2.45, 2.75) is 139 Å². The minimum Gasteiger partial charge on any atom is -0.491 e. The van der Waals surface area contributed by atoms with E-state index in [9.17, 15) is 55.2 Å². The van der Waals surface area contributed by atoms with E-state index < -0.39 is 55.1 Å². The number of carboxylic acids is 1. The van der Waals surface area contributed by atoms with Crippen LogP contribution in [0.1, 0.15) is 105 Å². The van der Waals surface area contributed by atoms with E-state index in [1.54, 1.807) is 65.0 Å². The van der Waals surface area contributed by atoms with Crippen molar-refractivity contribution in [2.75, 3.05) is 6.61 Å². The van der Waals surface area contributed by atoms with Gasteiger partial charge < -0.3 is 49.6 Å². The van der Waals surface area contributed by atoms with Crippen LogP contribution in [0.2, 0.25) is 5.02 Å². The van der Waals surface area contributed by atoms with Crippen molar-refractivity contribution in [3.63, 3.8) is 0 Å². The van der Waals surface area contributed by atoms with Crippen LogP contribution in [0.3, 0.4) is 0 Å². The van der Waals surface area contributed by atoms with Crippen LogP contribution in [0.15, 0.2) is 185 Å². The summed E-state index contributed by atoms with van der Waals surface area (Å²) in [7, 11) is -8.19. The molecule has 0 aliphatic carbocycles. The summed E-state index contributed by atoms with van der Waals surface area (Å²) < 4.78 is 102. The van der Waals surface area contributed by atoms with Crippen molar-refractivity contribution in [3.8, 4) is 23.0 Å². The lowest BCUT2D eigenvalue weighted by Crippen LogP contribution is -2.15. The van der Waals surface area contributed by atoms with Gasteiger partial charge in [-0.15, -0.1) is 0 Å². The largest absolute Gasteiger partial charge is 0.491 e. The fraction of sp³-hybridized carbons (Fsp3) is 0.250. The number of carbonyl (C=O) groups is 4. The first kappa shape index (κ1) is 78.7. The van der Waals surface area contributed by atoms with Gasteiger partial charge in [-0.3, -0.25) is 19.2 Å². The smallest absolute Gasteiger partial charge is 0.340 e. The van der Waals surface area contributed by atoms with Crippen LogP contribution >= 0.6 is 11.6 Å². The fourth-order valence-corrected chi connectivity index (χ4v) is 14.1. The van der Waals surface area contributed by atoms with Gasteiger partial charge in [-0.1, -0.05) is 29.8 Å². The molecule has 23 nitrogen and oxygen atoms in total. The van der Waals surface area contributed by atoms with E-state index in [2.05, 4.69) is 0 Å². The van der Waals surface area contributed by atoms with Gasteiger partial charge in [0.05, 0.1) is 18.5 Å². The molecule has 26 heteroatoms. The quantitative estimate of drug-likeness (QED) is 0.0516. The van der Waals surface area contributed by atoms with E-state index in [1.807, 2.05) is 100 Å². The molecule has 0 atom stereocenters. The highest BCUT2D eigenvalue weighted by atomic mass is 35.5. The van der Waals surface area contributed by atoms with Gasteiger partial charge in [-0.05, 0) is 221 Å². The Morgan fingerprint density at radius 3 is 1.16 bits per heavy atom. The Labute approximate surface area is 613 Å². The number of halogens is 1. The Kier molecular flexibility index (Phi) is 24.6. The molecule has 552 valence electrons. The number of aliphatic carboxylic acids is 1. The summed E-state index contributed by atoms with van der Waals surface area (Å²) in [6.07, 6.45) is 3.66. The van der Waals surface area contributed by atoms with Crippen molar-refractivity contribution in [1.82, 2.24) is 4.57 Å². The van der Waals surface area contributed by atoms with Crippen LogP contribution in [0, 0.1) is 69.2 Å². The maximum Gasteiger partial charge on any atom is 0.340 e. The minimum atomic E-state index is -4.12. The molecular formula is C80H76ClNO22S2. The third kappa shape index (κ3) is 18.4. The van der Waals surface area contributed by atoms with Crippen molar-refractivity contribution in [2.24, 2.45) is 0 Å². The molecule has 0 aliphatic rings. The number of aromatic nitrogens is 1. The molecule has 6 aromatic carbocycles. The Morgan fingerprint density at radius 1 is 0.425 bits per heavy atom. The molecular weight excluding hydrogens is 1430 g/mol. The molecule has 0 aliphatic heterocycles. The number of fused-ring (bicyclic) bond motifs is 4. The summed E-state index contributed by atoms with van der Waals surface area (Å²) in [5.41, 5.74) is 5.93. The summed E-state index contributed by atoms with van der Waals surface area (Å²) in [6, 6.07) is 33.3. The van der Waals surface area contributed by atoms with Crippen LogP contribution in [0.25, 0.3) is 43.9 Å². The summed E-state index contributed by atoms with van der Waals surface area (Å²) in [6.45, 7) is 23.5. The van der Waals surface area contributed by atoms with E-state index in [1.165, 1.54) is 63.2 Å². The second-order valence-corrected chi connectivity index (χ2v) is 28.9. The maximum absolute atomic E-state index is 12.6. The molecule has 106 heavy (non-hydrogen) atoms. The summed E-state index contributed by atoms with van der Waals surface area (Å²) in [5.74, 6) is 1.52. The van der Waals surface area contributed by atoms with E-state index in [0.29, 0.717) is 85.6 Å². The Bertz CT molecular complexity index is 5740. The predicted molar refractivity (Wildman–Crippen MR) is 398 cm³/mol. The molecule has 6 aromatic heterocycles. The molecule has 0 saturated heterocycles. The first-order valence-corrected chi connectivity index (χ1v) is 36.3. The number of nitrogens with zero attached hydrogens (tertiary/aromatic N) is 1. The topological polar surface area (TPSA) is 333 Å². The van der Waals surface area contributed by atoms with Gasteiger partial charge in [0.15, 0.2) is 0 Å². The molecule has 1 N–H and O–H groups in total. The third-order valence-corrected chi connectivity index (χ3v) is 20.1. The number of ether oxygens (including phenoxy) is 2. The number of aryl methyl sites for hydroxylation is 10. The number of benzene rings is 6. The van der Waals surface area contributed by atoms with Gasteiger partial charge in [0.2, 0.25) is 0 Å². The van der Waals surface area contributed by atoms with Crippen LogP contribution in [-0.4, -0.2) is 56.4 Å².